The molecule has 1 aromatic carbocycles. The fourth-order valence-electron chi connectivity index (χ4n) is 4.65. The molecule has 1 aromatic rings. The number of hydrogen-bond donors (Lipinski definition) is 1. The van der Waals surface area contributed by atoms with Gasteiger partial charge >= 0.3 is 0 Å². The van der Waals surface area contributed by atoms with Crippen molar-refractivity contribution >= 4 is 0 Å². The molecule has 2 fully saturated rings. The molecule has 1 saturated heterocycles. The van der Waals surface area contributed by atoms with Crippen LogP contribution in [-0.2, 0) is 5.41 Å². The van der Waals surface area contributed by atoms with E-state index in [0.29, 0.717) is 11.7 Å². The van der Waals surface area contributed by atoms with E-state index in [1.807, 2.05) is 12.1 Å². The number of hydrogen-bond acceptors (Lipinski definition) is 2. The highest BCUT2D eigenvalue weighted by Gasteiger charge is 2.38. The zero-order valence-corrected chi connectivity index (χ0v) is 14.9. The summed E-state index contributed by atoms with van der Waals surface area (Å²) in [6, 6.07) is 7.91. The second-order valence-corrected chi connectivity index (χ2v) is 8.21. The molecular weight excluding hydrogens is 282 g/mol. The molecule has 2 nitrogen and oxygen atoms in total. The van der Waals surface area contributed by atoms with Crippen LogP contribution < -0.4 is 0 Å². The van der Waals surface area contributed by atoms with E-state index < -0.39 is 0 Å². The summed E-state index contributed by atoms with van der Waals surface area (Å²) in [4.78, 5) is 2.68. The lowest BCUT2D eigenvalue weighted by atomic mass is 9.68. The van der Waals surface area contributed by atoms with E-state index in [1.54, 1.807) is 6.07 Å². The SMILES string of the molecule is C[C@H]1CN(CCC2CCCCC2)CC[C@@]1(C)c1cccc(O)c1. The van der Waals surface area contributed by atoms with E-state index in [0.717, 1.165) is 5.92 Å². The summed E-state index contributed by atoms with van der Waals surface area (Å²) in [6.07, 6.45) is 9.89. The van der Waals surface area contributed by atoms with Crippen LogP contribution in [0.3, 0.4) is 0 Å². The molecule has 1 aliphatic heterocycles. The molecule has 3 rings (SSSR count). The summed E-state index contributed by atoms with van der Waals surface area (Å²) in [5, 5.41) is 9.81. The van der Waals surface area contributed by atoms with Gasteiger partial charge in [0, 0.05) is 6.54 Å². The summed E-state index contributed by atoms with van der Waals surface area (Å²) in [5.74, 6) is 2.01. The number of aromatic hydroxyl groups is 1. The average Bonchev–Trinajstić information content (AvgIpc) is 2.57. The Balaban J connectivity index is 1.56. The quantitative estimate of drug-likeness (QED) is 0.848. The highest BCUT2D eigenvalue weighted by atomic mass is 16.3. The van der Waals surface area contributed by atoms with Gasteiger partial charge in [0.25, 0.3) is 0 Å². The molecule has 2 aliphatic rings. The third-order valence-electron chi connectivity index (χ3n) is 6.65. The maximum absolute atomic E-state index is 9.81. The minimum absolute atomic E-state index is 0.195. The lowest BCUT2D eigenvalue weighted by Crippen LogP contribution is -2.47. The first kappa shape index (κ1) is 16.8. The fraction of sp³-hybridized carbons (Fsp3) is 0.714. The number of rotatable bonds is 4. The Labute approximate surface area is 141 Å². The van der Waals surface area contributed by atoms with Crippen LogP contribution >= 0.6 is 0 Å². The molecule has 1 heterocycles. The lowest BCUT2D eigenvalue weighted by molar-refractivity contribution is 0.103. The number of piperidine rings is 1. The predicted molar refractivity (Wildman–Crippen MR) is 96.9 cm³/mol. The Morgan fingerprint density at radius 3 is 2.70 bits per heavy atom. The standard InChI is InChI=1S/C21H33NO/c1-17-16-22(13-11-18-7-4-3-5-8-18)14-12-21(17,2)19-9-6-10-20(23)15-19/h6,9-10,15,17-18,23H,3-5,7-8,11-14,16H2,1-2H3/t17-,21+/m0/s1. The maximum Gasteiger partial charge on any atom is 0.115 e. The zero-order valence-electron chi connectivity index (χ0n) is 14.9. The number of phenolic OH excluding ortho intramolecular Hbond substituents is 1. The first-order chi connectivity index (χ1) is 11.1. The number of nitrogens with zero attached hydrogens (tertiary/aromatic N) is 1. The van der Waals surface area contributed by atoms with Gasteiger partial charge in [-0.2, -0.15) is 0 Å². The van der Waals surface area contributed by atoms with Crippen molar-refractivity contribution in [2.75, 3.05) is 19.6 Å². The minimum atomic E-state index is 0.195. The van der Waals surface area contributed by atoms with E-state index >= 15 is 0 Å². The molecule has 0 unspecified atom stereocenters. The van der Waals surface area contributed by atoms with Crippen LogP contribution in [0.4, 0.5) is 0 Å². The molecule has 1 saturated carbocycles. The van der Waals surface area contributed by atoms with E-state index in [-0.39, 0.29) is 5.41 Å². The molecule has 1 aliphatic carbocycles. The molecular formula is C21H33NO. The number of likely N-dealkylation sites (tertiary alicyclic amines) is 1. The smallest absolute Gasteiger partial charge is 0.115 e. The summed E-state index contributed by atoms with van der Waals surface area (Å²) in [7, 11) is 0. The Morgan fingerprint density at radius 2 is 2.00 bits per heavy atom. The van der Waals surface area contributed by atoms with Crippen molar-refractivity contribution in [2.45, 2.75) is 64.2 Å². The summed E-state index contributed by atoms with van der Waals surface area (Å²) in [5.41, 5.74) is 1.50. The van der Waals surface area contributed by atoms with Crippen LogP contribution in [0.5, 0.6) is 5.75 Å². The van der Waals surface area contributed by atoms with Crippen molar-refractivity contribution in [1.82, 2.24) is 4.90 Å². The third-order valence-corrected chi connectivity index (χ3v) is 6.65. The van der Waals surface area contributed by atoms with Gasteiger partial charge in [-0.15, -0.1) is 0 Å². The highest BCUT2D eigenvalue weighted by Crippen LogP contribution is 2.40. The van der Waals surface area contributed by atoms with Gasteiger partial charge in [-0.05, 0) is 60.9 Å². The topological polar surface area (TPSA) is 23.5 Å². The Bertz CT molecular complexity index is 508. The van der Waals surface area contributed by atoms with Crippen molar-refractivity contribution < 1.29 is 5.11 Å². The number of phenols is 1. The molecule has 2 heteroatoms. The van der Waals surface area contributed by atoms with E-state index in [2.05, 4.69) is 24.8 Å². The van der Waals surface area contributed by atoms with Crippen LogP contribution in [0.15, 0.2) is 24.3 Å². The molecule has 0 aromatic heterocycles. The van der Waals surface area contributed by atoms with Crippen LogP contribution in [0.2, 0.25) is 0 Å². The molecule has 1 N–H and O–H groups in total. The summed E-state index contributed by atoms with van der Waals surface area (Å²) in [6.45, 7) is 8.44. The van der Waals surface area contributed by atoms with Gasteiger partial charge in [0.05, 0.1) is 0 Å². The van der Waals surface area contributed by atoms with E-state index in [4.69, 9.17) is 0 Å². The molecule has 0 radical (unpaired) electrons. The van der Waals surface area contributed by atoms with Crippen molar-refractivity contribution in [2.24, 2.45) is 11.8 Å². The second-order valence-electron chi connectivity index (χ2n) is 8.21. The van der Waals surface area contributed by atoms with Crippen molar-refractivity contribution in [1.29, 1.82) is 0 Å². The normalized spacial score (nSPS) is 30.4. The van der Waals surface area contributed by atoms with Crippen molar-refractivity contribution in [3.63, 3.8) is 0 Å². The van der Waals surface area contributed by atoms with Crippen LogP contribution in [0.1, 0.15) is 64.4 Å². The second kappa shape index (κ2) is 7.25. The molecule has 0 amide bonds. The van der Waals surface area contributed by atoms with Gasteiger partial charge in [0.1, 0.15) is 5.75 Å². The molecule has 0 bridgehead atoms. The maximum atomic E-state index is 9.81. The molecule has 2 atom stereocenters. The zero-order chi connectivity index (χ0) is 16.3. The first-order valence-corrected chi connectivity index (χ1v) is 9.60. The van der Waals surface area contributed by atoms with Gasteiger partial charge in [0.15, 0.2) is 0 Å². The largest absolute Gasteiger partial charge is 0.508 e. The van der Waals surface area contributed by atoms with Gasteiger partial charge in [-0.25, -0.2) is 0 Å². The van der Waals surface area contributed by atoms with E-state index in [9.17, 15) is 5.11 Å². The minimum Gasteiger partial charge on any atom is -0.508 e. The molecule has 0 spiro atoms. The van der Waals surface area contributed by atoms with Crippen molar-refractivity contribution in [3.05, 3.63) is 29.8 Å². The lowest BCUT2D eigenvalue weighted by Gasteiger charge is -2.45. The highest BCUT2D eigenvalue weighted by molar-refractivity contribution is 5.33. The van der Waals surface area contributed by atoms with Gasteiger partial charge in [-0.1, -0.05) is 58.1 Å². The third kappa shape index (κ3) is 3.91. The van der Waals surface area contributed by atoms with Crippen molar-refractivity contribution in [3.8, 4) is 5.75 Å². The van der Waals surface area contributed by atoms with Gasteiger partial charge < -0.3 is 10.0 Å². The molecule has 23 heavy (non-hydrogen) atoms. The van der Waals surface area contributed by atoms with Crippen LogP contribution in [-0.4, -0.2) is 29.6 Å². The molecule has 128 valence electrons. The van der Waals surface area contributed by atoms with Gasteiger partial charge in [0.2, 0.25) is 0 Å². The van der Waals surface area contributed by atoms with Gasteiger partial charge in [-0.3, -0.25) is 0 Å². The summed E-state index contributed by atoms with van der Waals surface area (Å²) < 4.78 is 0. The average molecular weight is 316 g/mol. The summed E-state index contributed by atoms with van der Waals surface area (Å²) >= 11 is 0. The Hall–Kier alpha value is -1.02. The number of benzene rings is 1. The first-order valence-electron chi connectivity index (χ1n) is 9.60. The Kier molecular flexibility index (Phi) is 5.31. The Morgan fingerprint density at radius 1 is 1.22 bits per heavy atom. The predicted octanol–water partition coefficient (Wildman–Crippen LogP) is 4.96. The van der Waals surface area contributed by atoms with Crippen LogP contribution in [0, 0.1) is 11.8 Å². The fourth-order valence-corrected chi connectivity index (χ4v) is 4.65. The van der Waals surface area contributed by atoms with E-state index in [1.165, 1.54) is 70.1 Å². The monoisotopic (exact) mass is 315 g/mol. The van der Waals surface area contributed by atoms with Crippen LogP contribution in [0.25, 0.3) is 0 Å².